The molecular weight excluding hydrogens is 294 g/mol. The van der Waals surface area contributed by atoms with Gasteiger partial charge in [-0.15, -0.1) is 16.4 Å². The van der Waals surface area contributed by atoms with Crippen LogP contribution in [0.4, 0.5) is 5.69 Å². The largest absolute Gasteiger partial charge is 0.306 e. The van der Waals surface area contributed by atoms with Crippen LogP contribution in [0.25, 0.3) is 0 Å². The van der Waals surface area contributed by atoms with E-state index in [0.29, 0.717) is 12.3 Å². The third kappa shape index (κ3) is 2.60. The molecule has 112 valence electrons. The average molecular weight is 311 g/mol. The van der Waals surface area contributed by atoms with Gasteiger partial charge in [0.05, 0.1) is 16.8 Å². The van der Waals surface area contributed by atoms with E-state index < -0.39 is 0 Å². The molecule has 0 radical (unpaired) electrons. The fourth-order valence-electron chi connectivity index (χ4n) is 2.46. The summed E-state index contributed by atoms with van der Waals surface area (Å²) in [6.45, 7) is 4.79. The zero-order chi connectivity index (χ0) is 15.5. The average Bonchev–Trinajstić information content (AvgIpc) is 3.04. The van der Waals surface area contributed by atoms with E-state index in [9.17, 15) is 4.79 Å². The quantitative estimate of drug-likeness (QED) is 0.628. The Morgan fingerprint density at radius 1 is 1.27 bits per heavy atom. The van der Waals surface area contributed by atoms with Crippen LogP contribution in [0.1, 0.15) is 29.3 Å². The summed E-state index contributed by atoms with van der Waals surface area (Å²) in [4.78, 5) is 15.4. The molecule has 1 amide bonds. The molecule has 0 bridgehead atoms. The summed E-state index contributed by atoms with van der Waals surface area (Å²) < 4.78 is 0. The number of anilines is 1. The standard InChI is InChI=1S/C17H17N3OS/c1-3-9-20-14-7-5-4-6-13(14)16(17(20)21)19-18-11-15-12(2)8-10-22-15/h4-8,10-11H,3,9H2,1-2H3/b18-11-,19-16+. The lowest BCUT2D eigenvalue weighted by molar-refractivity contribution is -0.112. The van der Waals surface area contributed by atoms with Gasteiger partial charge in [0.15, 0.2) is 5.71 Å². The van der Waals surface area contributed by atoms with Crippen molar-refractivity contribution in [2.24, 2.45) is 10.2 Å². The van der Waals surface area contributed by atoms with Gasteiger partial charge in [-0.25, -0.2) is 0 Å². The number of thiophene rings is 1. The summed E-state index contributed by atoms with van der Waals surface area (Å²) in [5, 5.41) is 10.3. The summed E-state index contributed by atoms with van der Waals surface area (Å²) in [7, 11) is 0. The van der Waals surface area contributed by atoms with Gasteiger partial charge in [-0.3, -0.25) is 4.79 Å². The molecule has 4 nitrogen and oxygen atoms in total. The third-order valence-corrected chi connectivity index (χ3v) is 4.53. The lowest BCUT2D eigenvalue weighted by Gasteiger charge is -2.14. The predicted molar refractivity (Wildman–Crippen MR) is 92.3 cm³/mol. The molecule has 0 unspecified atom stereocenters. The van der Waals surface area contributed by atoms with Crippen LogP contribution < -0.4 is 4.90 Å². The predicted octanol–water partition coefficient (Wildman–Crippen LogP) is 3.64. The van der Waals surface area contributed by atoms with Crippen LogP contribution in [-0.2, 0) is 4.79 Å². The first-order valence-corrected chi connectivity index (χ1v) is 8.16. The minimum Gasteiger partial charge on any atom is -0.306 e. The topological polar surface area (TPSA) is 45.0 Å². The Kier molecular flexibility index (Phi) is 4.15. The molecule has 0 spiro atoms. The molecule has 0 saturated carbocycles. The van der Waals surface area contributed by atoms with E-state index >= 15 is 0 Å². The van der Waals surface area contributed by atoms with Gasteiger partial charge < -0.3 is 4.90 Å². The highest BCUT2D eigenvalue weighted by atomic mass is 32.1. The van der Waals surface area contributed by atoms with Crippen molar-refractivity contribution in [3.63, 3.8) is 0 Å². The SMILES string of the molecule is CCCN1C(=O)/C(=N/N=C\c2sccc2C)c2ccccc21. The molecule has 2 heterocycles. The van der Waals surface area contributed by atoms with Gasteiger partial charge >= 0.3 is 0 Å². The fourth-order valence-corrected chi connectivity index (χ4v) is 3.24. The van der Waals surface area contributed by atoms with Crippen molar-refractivity contribution in [1.29, 1.82) is 0 Å². The van der Waals surface area contributed by atoms with Crippen LogP contribution in [0.15, 0.2) is 45.9 Å². The molecule has 1 aromatic heterocycles. The van der Waals surface area contributed by atoms with E-state index in [4.69, 9.17) is 0 Å². The van der Waals surface area contributed by atoms with Gasteiger partial charge in [0.25, 0.3) is 5.91 Å². The lowest BCUT2D eigenvalue weighted by Crippen LogP contribution is -2.30. The first-order chi connectivity index (χ1) is 10.7. The Morgan fingerprint density at radius 2 is 2.09 bits per heavy atom. The molecule has 0 aliphatic carbocycles. The molecular formula is C17H17N3OS. The number of para-hydroxylation sites is 1. The Balaban J connectivity index is 1.93. The molecule has 0 atom stereocenters. The number of aryl methyl sites for hydroxylation is 1. The molecule has 3 rings (SSSR count). The number of hydrogen-bond acceptors (Lipinski definition) is 4. The molecule has 0 fully saturated rings. The number of benzene rings is 1. The van der Waals surface area contributed by atoms with Crippen LogP contribution in [0, 0.1) is 6.92 Å². The minimum absolute atomic E-state index is 0.0666. The van der Waals surface area contributed by atoms with Gasteiger partial charge in [0, 0.05) is 12.1 Å². The fraction of sp³-hybridized carbons (Fsp3) is 0.235. The Bertz CT molecular complexity index is 761. The molecule has 1 aromatic carbocycles. The Morgan fingerprint density at radius 3 is 2.82 bits per heavy atom. The molecule has 0 N–H and O–H groups in total. The maximum atomic E-state index is 12.5. The molecule has 22 heavy (non-hydrogen) atoms. The normalized spacial score (nSPS) is 16.0. The number of fused-ring (bicyclic) bond motifs is 1. The second-order valence-electron chi connectivity index (χ2n) is 5.13. The number of carbonyl (C=O) groups is 1. The number of rotatable bonds is 4. The van der Waals surface area contributed by atoms with Crippen LogP contribution in [0.3, 0.4) is 0 Å². The number of amides is 1. The van der Waals surface area contributed by atoms with Crippen molar-refractivity contribution in [3.05, 3.63) is 51.7 Å². The van der Waals surface area contributed by atoms with E-state index in [2.05, 4.69) is 17.1 Å². The summed E-state index contributed by atoms with van der Waals surface area (Å²) in [6, 6.07) is 9.78. The van der Waals surface area contributed by atoms with Gasteiger partial charge in [0.2, 0.25) is 0 Å². The number of carbonyl (C=O) groups excluding carboxylic acids is 1. The molecule has 5 heteroatoms. The van der Waals surface area contributed by atoms with Crippen molar-refractivity contribution in [2.75, 3.05) is 11.4 Å². The smallest absolute Gasteiger partial charge is 0.279 e. The van der Waals surface area contributed by atoms with Crippen molar-refractivity contribution < 1.29 is 4.79 Å². The van der Waals surface area contributed by atoms with Crippen molar-refractivity contribution in [3.8, 4) is 0 Å². The Hall–Kier alpha value is -2.27. The Labute approximate surface area is 133 Å². The van der Waals surface area contributed by atoms with Gasteiger partial charge in [0.1, 0.15) is 0 Å². The van der Waals surface area contributed by atoms with Crippen molar-refractivity contribution >= 4 is 34.9 Å². The first kappa shape index (κ1) is 14.7. The zero-order valence-corrected chi connectivity index (χ0v) is 13.4. The highest BCUT2D eigenvalue weighted by Gasteiger charge is 2.33. The van der Waals surface area contributed by atoms with Crippen LogP contribution in [-0.4, -0.2) is 24.4 Å². The van der Waals surface area contributed by atoms with Gasteiger partial charge in [-0.05, 0) is 36.4 Å². The maximum Gasteiger partial charge on any atom is 0.279 e. The third-order valence-electron chi connectivity index (χ3n) is 3.58. The zero-order valence-electron chi connectivity index (χ0n) is 12.6. The second-order valence-corrected chi connectivity index (χ2v) is 6.08. The second kappa shape index (κ2) is 6.23. The van der Waals surface area contributed by atoms with E-state index in [-0.39, 0.29) is 5.91 Å². The minimum atomic E-state index is -0.0666. The lowest BCUT2D eigenvalue weighted by atomic mass is 10.1. The summed E-state index contributed by atoms with van der Waals surface area (Å²) in [6.07, 6.45) is 2.62. The summed E-state index contributed by atoms with van der Waals surface area (Å²) in [5.74, 6) is -0.0666. The van der Waals surface area contributed by atoms with Gasteiger partial charge in [-0.2, -0.15) is 5.10 Å². The van der Waals surface area contributed by atoms with E-state index in [1.165, 1.54) is 5.56 Å². The molecule has 2 aromatic rings. The van der Waals surface area contributed by atoms with E-state index in [1.54, 1.807) is 22.5 Å². The monoisotopic (exact) mass is 311 g/mol. The maximum absolute atomic E-state index is 12.5. The van der Waals surface area contributed by atoms with Crippen LogP contribution in [0.2, 0.25) is 0 Å². The van der Waals surface area contributed by atoms with E-state index in [0.717, 1.165) is 22.5 Å². The van der Waals surface area contributed by atoms with E-state index in [1.807, 2.05) is 42.6 Å². The van der Waals surface area contributed by atoms with Crippen LogP contribution in [0.5, 0.6) is 0 Å². The highest BCUT2D eigenvalue weighted by molar-refractivity contribution is 7.11. The molecule has 1 aliphatic rings. The highest BCUT2D eigenvalue weighted by Crippen LogP contribution is 2.29. The summed E-state index contributed by atoms with van der Waals surface area (Å²) >= 11 is 1.61. The summed E-state index contributed by atoms with van der Waals surface area (Å²) in [5.41, 5.74) is 3.38. The molecule has 0 saturated heterocycles. The van der Waals surface area contributed by atoms with Crippen LogP contribution >= 0.6 is 11.3 Å². The molecule has 1 aliphatic heterocycles. The van der Waals surface area contributed by atoms with Crippen molar-refractivity contribution in [1.82, 2.24) is 0 Å². The number of nitrogens with zero attached hydrogens (tertiary/aromatic N) is 3. The first-order valence-electron chi connectivity index (χ1n) is 7.28. The van der Waals surface area contributed by atoms with Crippen molar-refractivity contribution in [2.45, 2.75) is 20.3 Å². The number of hydrogen-bond donors (Lipinski definition) is 0. The van der Waals surface area contributed by atoms with Gasteiger partial charge in [-0.1, -0.05) is 25.1 Å².